The number of piperidine rings is 1. The highest BCUT2D eigenvalue weighted by atomic mass is 16.5. The van der Waals surface area contributed by atoms with Crippen LogP contribution < -0.4 is 5.32 Å². The summed E-state index contributed by atoms with van der Waals surface area (Å²) in [5.41, 5.74) is 0. The molecule has 3 heteroatoms. The van der Waals surface area contributed by atoms with E-state index in [0.717, 1.165) is 38.1 Å². The lowest BCUT2D eigenvalue weighted by molar-refractivity contribution is 0.0421. The third-order valence-corrected chi connectivity index (χ3v) is 4.74. The van der Waals surface area contributed by atoms with Gasteiger partial charge in [-0.2, -0.15) is 0 Å². The van der Waals surface area contributed by atoms with E-state index in [1.807, 2.05) is 0 Å². The van der Waals surface area contributed by atoms with E-state index >= 15 is 0 Å². The largest absolute Gasteiger partial charge is 0.380 e. The molecule has 0 aromatic rings. The summed E-state index contributed by atoms with van der Waals surface area (Å²) in [6.45, 7) is 12.3. The van der Waals surface area contributed by atoms with Crippen molar-refractivity contribution in [3.05, 3.63) is 0 Å². The second-order valence-electron chi connectivity index (χ2n) is 6.11. The lowest BCUT2D eigenvalue weighted by Gasteiger charge is -2.43. The van der Waals surface area contributed by atoms with Gasteiger partial charge in [-0.1, -0.05) is 13.8 Å². The molecule has 0 amide bonds. The summed E-state index contributed by atoms with van der Waals surface area (Å²) in [6, 6.07) is 1.38. The van der Waals surface area contributed by atoms with Crippen molar-refractivity contribution >= 4 is 0 Å². The summed E-state index contributed by atoms with van der Waals surface area (Å²) in [5, 5.41) is 3.62. The quantitative estimate of drug-likeness (QED) is 0.704. The summed E-state index contributed by atoms with van der Waals surface area (Å²) in [5.74, 6) is 1.63. The predicted molar refractivity (Wildman–Crippen MR) is 75.8 cm³/mol. The van der Waals surface area contributed by atoms with Gasteiger partial charge in [-0.15, -0.1) is 0 Å². The minimum Gasteiger partial charge on any atom is -0.380 e. The Kier molecular flexibility index (Phi) is 5.46. The molecule has 1 aliphatic carbocycles. The first kappa shape index (κ1) is 14.3. The zero-order chi connectivity index (χ0) is 13.0. The number of nitrogens with zero attached hydrogens (tertiary/aromatic N) is 1. The van der Waals surface area contributed by atoms with Crippen LogP contribution in [0, 0.1) is 11.8 Å². The van der Waals surface area contributed by atoms with Gasteiger partial charge in [-0.25, -0.2) is 0 Å². The average Bonchev–Trinajstić information content (AvgIpc) is 3.17. The highest BCUT2D eigenvalue weighted by Crippen LogP contribution is 2.29. The van der Waals surface area contributed by atoms with Crippen molar-refractivity contribution in [2.75, 3.05) is 32.8 Å². The molecular weight excluding hydrogens is 224 g/mol. The summed E-state index contributed by atoms with van der Waals surface area (Å²) < 4.78 is 5.76. The zero-order valence-electron chi connectivity index (χ0n) is 12.3. The van der Waals surface area contributed by atoms with Crippen LogP contribution in [0.2, 0.25) is 0 Å². The monoisotopic (exact) mass is 254 g/mol. The maximum atomic E-state index is 5.76. The van der Waals surface area contributed by atoms with Crippen LogP contribution in [0.3, 0.4) is 0 Å². The number of ether oxygens (including phenoxy) is 1. The van der Waals surface area contributed by atoms with Crippen molar-refractivity contribution in [1.82, 2.24) is 10.2 Å². The van der Waals surface area contributed by atoms with Crippen molar-refractivity contribution in [3.8, 4) is 0 Å². The van der Waals surface area contributed by atoms with Crippen LogP contribution in [-0.2, 0) is 4.74 Å². The topological polar surface area (TPSA) is 24.5 Å². The van der Waals surface area contributed by atoms with Gasteiger partial charge in [0.2, 0.25) is 0 Å². The summed E-state index contributed by atoms with van der Waals surface area (Å²) in [6.07, 6.45) is 4.06. The molecule has 2 fully saturated rings. The lowest BCUT2D eigenvalue weighted by Crippen LogP contribution is -2.53. The maximum Gasteiger partial charge on any atom is 0.0593 e. The summed E-state index contributed by atoms with van der Waals surface area (Å²) in [4.78, 5) is 2.60. The molecule has 1 aliphatic heterocycles. The Morgan fingerprint density at radius 1 is 1.22 bits per heavy atom. The molecule has 3 atom stereocenters. The fourth-order valence-corrected chi connectivity index (χ4v) is 3.02. The van der Waals surface area contributed by atoms with Crippen molar-refractivity contribution in [2.24, 2.45) is 11.8 Å². The van der Waals surface area contributed by atoms with Crippen molar-refractivity contribution in [3.63, 3.8) is 0 Å². The molecular formula is C15H30N2O. The molecule has 2 rings (SSSR count). The molecule has 3 nitrogen and oxygen atoms in total. The van der Waals surface area contributed by atoms with Gasteiger partial charge in [0.25, 0.3) is 0 Å². The lowest BCUT2D eigenvalue weighted by atomic mass is 9.87. The Labute approximate surface area is 112 Å². The van der Waals surface area contributed by atoms with E-state index in [0.29, 0.717) is 12.1 Å². The van der Waals surface area contributed by atoms with E-state index in [2.05, 4.69) is 31.0 Å². The van der Waals surface area contributed by atoms with Crippen LogP contribution in [0.1, 0.15) is 40.0 Å². The van der Waals surface area contributed by atoms with Crippen LogP contribution in [0.25, 0.3) is 0 Å². The predicted octanol–water partition coefficient (Wildman–Crippen LogP) is 2.12. The Morgan fingerprint density at radius 2 is 2.00 bits per heavy atom. The van der Waals surface area contributed by atoms with E-state index in [-0.39, 0.29) is 0 Å². The van der Waals surface area contributed by atoms with Crippen molar-refractivity contribution in [2.45, 2.75) is 52.1 Å². The molecule has 106 valence electrons. The van der Waals surface area contributed by atoms with Gasteiger partial charge in [0.1, 0.15) is 0 Å². The molecule has 0 aromatic heterocycles. The molecule has 0 aromatic carbocycles. The van der Waals surface area contributed by atoms with Crippen LogP contribution in [0.4, 0.5) is 0 Å². The molecule has 0 radical (unpaired) electrons. The first-order valence-corrected chi connectivity index (χ1v) is 7.77. The van der Waals surface area contributed by atoms with Gasteiger partial charge in [-0.3, -0.25) is 4.90 Å². The number of hydrogen-bond acceptors (Lipinski definition) is 3. The van der Waals surface area contributed by atoms with Crippen LogP contribution >= 0.6 is 0 Å². The van der Waals surface area contributed by atoms with E-state index in [4.69, 9.17) is 4.74 Å². The molecule has 0 bridgehead atoms. The standard InChI is InChI=1S/C15H30N2O/c1-4-16-15-7-8-17(13(3)12(15)2)9-10-18-11-14-5-6-14/h12-16H,4-11H2,1-3H3. The number of likely N-dealkylation sites (tertiary alicyclic amines) is 1. The second-order valence-corrected chi connectivity index (χ2v) is 6.11. The molecule has 1 N–H and O–H groups in total. The third kappa shape index (κ3) is 3.94. The highest BCUT2D eigenvalue weighted by molar-refractivity contribution is 4.88. The normalized spacial score (nSPS) is 33.8. The average molecular weight is 254 g/mol. The first-order chi connectivity index (χ1) is 8.72. The third-order valence-electron chi connectivity index (χ3n) is 4.74. The van der Waals surface area contributed by atoms with Gasteiger partial charge in [0.05, 0.1) is 6.61 Å². The molecule has 0 spiro atoms. The Morgan fingerprint density at radius 3 is 2.67 bits per heavy atom. The van der Waals surface area contributed by atoms with Gasteiger partial charge in [-0.05, 0) is 44.6 Å². The molecule has 1 saturated heterocycles. The van der Waals surface area contributed by atoms with E-state index in [1.165, 1.54) is 25.8 Å². The van der Waals surface area contributed by atoms with Gasteiger partial charge < -0.3 is 10.1 Å². The van der Waals surface area contributed by atoms with Crippen molar-refractivity contribution < 1.29 is 4.74 Å². The number of nitrogens with one attached hydrogen (secondary N) is 1. The molecule has 3 unspecified atom stereocenters. The Bertz CT molecular complexity index is 243. The number of rotatable bonds is 7. The van der Waals surface area contributed by atoms with E-state index in [1.54, 1.807) is 0 Å². The SMILES string of the molecule is CCNC1CCN(CCOCC2CC2)C(C)C1C. The van der Waals surface area contributed by atoms with Gasteiger partial charge in [0, 0.05) is 31.8 Å². The van der Waals surface area contributed by atoms with Gasteiger partial charge >= 0.3 is 0 Å². The smallest absolute Gasteiger partial charge is 0.0593 e. The molecule has 2 aliphatic rings. The van der Waals surface area contributed by atoms with E-state index in [9.17, 15) is 0 Å². The molecule has 1 heterocycles. The minimum absolute atomic E-state index is 0.673. The minimum atomic E-state index is 0.673. The summed E-state index contributed by atoms with van der Waals surface area (Å²) >= 11 is 0. The Balaban J connectivity index is 1.66. The van der Waals surface area contributed by atoms with E-state index < -0.39 is 0 Å². The van der Waals surface area contributed by atoms with Gasteiger partial charge in [0.15, 0.2) is 0 Å². The number of hydrogen-bond donors (Lipinski definition) is 1. The molecule has 1 saturated carbocycles. The van der Waals surface area contributed by atoms with Crippen LogP contribution in [0.15, 0.2) is 0 Å². The zero-order valence-corrected chi connectivity index (χ0v) is 12.3. The fraction of sp³-hybridized carbons (Fsp3) is 1.00. The highest BCUT2D eigenvalue weighted by Gasteiger charge is 2.31. The Hall–Kier alpha value is -0.120. The van der Waals surface area contributed by atoms with Crippen molar-refractivity contribution in [1.29, 1.82) is 0 Å². The molecule has 18 heavy (non-hydrogen) atoms. The second kappa shape index (κ2) is 6.88. The maximum absolute atomic E-state index is 5.76. The summed E-state index contributed by atoms with van der Waals surface area (Å²) in [7, 11) is 0. The first-order valence-electron chi connectivity index (χ1n) is 7.77. The van der Waals surface area contributed by atoms with Crippen LogP contribution in [0.5, 0.6) is 0 Å². The fourth-order valence-electron chi connectivity index (χ4n) is 3.02. The van der Waals surface area contributed by atoms with Crippen LogP contribution in [-0.4, -0.2) is 49.8 Å².